The summed E-state index contributed by atoms with van der Waals surface area (Å²) in [6.07, 6.45) is 4.31. The van der Waals surface area contributed by atoms with Crippen LogP contribution in [0.1, 0.15) is 62.5 Å². The minimum absolute atomic E-state index is 0.0701. The molecule has 31 heavy (non-hydrogen) atoms. The van der Waals surface area contributed by atoms with Gasteiger partial charge in [-0.25, -0.2) is 17.9 Å². The Labute approximate surface area is 182 Å². The molecular weight excluding hydrogens is 418 g/mol. The summed E-state index contributed by atoms with van der Waals surface area (Å²) in [6.45, 7) is 7.00. The zero-order chi connectivity index (χ0) is 21.8. The lowest BCUT2D eigenvalue weighted by Crippen LogP contribution is -2.44. The van der Waals surface area contributed by atoms with Crippen molar-refractivity contribution in [3.63, 3.8) is 0 Å². The third kappa shape index (κ3) is 3.63. The number of aromatic nitrogens is 3. The Morgan fingerprint density at radius 2 is 1.97 bits per heavy atom. The predicted octanol–water partition coefficient (Wildman–Crippen LogP) is 1.43. The molecule has 1 atom stereocenters. The normalized spacial score (nSPS) is 24.3. The summed E-state index contributed by atoms with van der Waals surface area (Å²) in [7, 11) is -3.37. The van der Waals surface area contributed by atoms with E-state index < -0.39 is 15.3 Å². The van der Waals surface area contributed by atoms with Gasteiger partial charge < -0.3 is 4.74 Å². The maximum absolute atomic E-state index is 13.3. The number of nitrogens with zero attached hydrogens (tertiary/aromatic N) is 4. The van der Waals surface area contributed by atoms with Crippen molar-refractivity contribution in [1.29, 1.82) is 0 Å². The molecule has 2 saturated heterocycles. The van der Waals surface area contributed by atoms with Crippen LogP contribution in [0.5, 0.6) is 0 Å². The van der Waals surface area contributed by atoms with Crippen molar-refractivity contribution in [1.82, 2.24) is 23.8 Å². The van der Waals surface area contributed by atoms with Gasteiger partial charge in [-0.15, -0.1) is 0 Å². The molecule has 0 radical (unpaired) electrons. The molecule has 3 aliphatic rings. The molecule has 3 aliphatic heterocycles. The van der Waals surface area contributed by atoms with Crippen molar-refractivity contribution in [2.45, 2.75) is 69.8 Å². The highest BCUT2D eigenvalue weighted by Crippen LogP contribution is 2.35. The average molecular weight is 450 g/mol. The second-order valence-electron chi connectivity index (χ2n) is 9.17. The molecule has 170 valence electrons. The van der Waals surface area contributed by atoms with Gasteiger partial charge in [0.05, 0.1) is 28.2 Å². The van der Waals surface area contributed by atoms with Crippen molar-refractivity contribution in [3.05, 3.63) is 33.4 Å². The fourth-order valence-electron chi connectivity index (χ4n) is 5.18. The fourth-order valence-corrected chi connectivity index (χ4v) is 6.68. The monoisotopic (exact) mass is 449 g/mol. The third-order valence-corrected chi connectivity index (χ3v) is 9.29. The number of hydrogen-bond acceptors (Lipinski definition) is 6. The van der Waals surface area contributed by atoms with Crippen molar-refractivity contribution >= 4 is 15.7 Å². The van der Waals surface area contributed by atoms with Gasteiger partial charge >= 0.3 is 0 Å². The van der Waals surface area contributed by atoms with Crippen LogP contribution in [0.2, 0.25) is 0 Å². The Morgan fingerprint density at radius 1 is 1.19 bits per heavy atom. The highest BCUT2D eigenvalue weighted by molar-refractivity contribution is 7.89. The molecule has 5 heterocycles. The molecule has 1 N–H and O–H groups in total. The second-order valence-corrected chi connectivity index (χ2v) is 11.6. The fraction of sp³-hybridized carbons (Fsp3) is 0.714. The van der Waals surface area contributed by atoms with Gasteiger partial charge in [0.15, 0.2) is 5.65 Å². The van der Waals surface area contributed by atoms with Gasteiger partial charge in [0.2, 0.25) is 10.0 Å². The highest BCUT2D eigenvalue weighted by Gasteiger charge is 2.38. The molecular formula is C21H31N5O4S. The molecule has 0 amide bonds. The van der Waals surface area contributed by atoms with E-state index in [0.29, 0.717) is 24.8 Å². The molecule has 2 aromatic rings. The number of sulfonamides is 1. The van der Waals surface area contributed by atoms with Crippen molar-refractivity contribution in [2.24, 2.45) is 0 Å². The van der Waals surface area contributed by atoms with Crippen LogP contribution in [-0.4, -0.2) is 69.8 Å². The van der Waals surface area contributed by atoms with Gasteiger partial charge in [0, 0.05) is 51.4 Å². The number of nitrogens with one attached hydrogen (secondary N) is 1. The number of fused-ring (bicyclic) bond motifs is 2. The SMILES string of the molecule is CC(C)S(=O)(=O)N1CCC[C@H]1c1cc2nc3c(c(=O)n2[nH]1)CN(C1CCOCC1)CC3. The van der Waals surface area contributed by atoms with Crippen LogP contribution >= 0.6 is 0 Å². The first kappa shape index (κ1) is 21.1. The summed E-state index contributed by atoms with van der Waals surface area (Å²) in [6, 6.07) is 2.03. The largest absolute Gasteiger partial charge is 0.381 e. The predicted molar refractivity (Wildman–Crippen MR) is 117 cm³/mol. The van der Waals surface area contributed by atoms with E-state index in [1.807, 2.05) is 6.07 Å². The Morgan fingerprint density at radius 3 is 2.71 bits per heavy atom. The summed E-state index contributed by atoms with van der Waals surface area (Å²) in [5.74, 6) is 0. The van der Waals surface area contributed by atoms with Crippen molar-refractivity contribution in [3.8, 4) is 0 Å². The quantitative estimate of drug-likeness (QED) is 0.758. The summed E-state index contributed by atoms with van der Waals surface area (Å²) in [4.78, 5) is 20.5. The zero-order valence-electron chi connectivity index (χ0n) is 18.2. The number of aromatic amines is 1. The van der Waals surface area contributed by atoms with Crippen LogP contribution in [0.15, 0.2) is 10.9 Å². The van der Waals surface area contributed by atoms with Crippen LogP contribution in [0.3, 0.4) is 0 Å². The third-order valence-electron chi connectivity index (χ3n) is 7.00. The van der Waals surface area contributed by atoms with Gasteiger partial charge in [-0.05, 0) is 39.5 Å². The van der Waals surface area contributed by atoms with E-state index in [9.17, 15) is 13.2 Å². The Hall–Kier alpha value is -1.75. The number of hydrogen-bond donors (Lipinski definition) is 1. The molecule has 0 saturated carbocycles. The van der Waals surface area contributed by atoms with E-state index in [0.717, 1.165) is 68.8 Å². The van der Waals surface area contributed by atoms with Crippen molar-refractivity contribution < 1.29 is 13.2 Å². The number of rotatable bonds is 4. The van der Waals surface area contributed by atoms with E-state index in [-0.39, 0.29) is 11.6 Å². The first-order chi connectivity index (χ1) is 14.9. The minimum Gasteiger partial charge on any atom is -0.381 e. The van der Waals surface area contributed by atoms with Crippen LogP contribution in [0.4, 0.5) is 0 Å². The number of H-pyrrole nitrogens is 1. The van der Waals surface area contributed by atoms with Gasteiger partial charge in [0.25, 0.3) is 5.56 Å². The minimum atomic E-state index is -3.37. The summed E-state index contributed by atoms with van der Waals surface area (Å²) in [5, 5.41) is 2.72. The van der Waals surface area contributed by atoms with Crippen molar-refractivity contribution in [2.75, 3.05) is 26.3 Å². The van der Waals surface area contributed by atoms with E-state index in [4.69, 9.17) is 9.72 Å². The smallest absolute Gasteiger partial charge is 0.277 e. The Kier molecular flexibility index (Phi) is 5.44. The first-order valence-electron chi connectivity index (χ1n) is 11.3. The highest BCUT2D eigenvalue weighted by atomic mass is 32.2. The second kappa shape index (κ2) is 7.99. The molecule has 5 rings (SSSR count). The summed E-state index contributed by atoms with van der Waals surface area (Å²) in [5.41, 5.74) is 2.87. The molecule has 2 aromatic heterocycles. The van der Waals surface area contributed by atoms with Gasteiger partial charge in [-0.2, -0.15) is 4.31 Å². The van der Waals surface area contributed by atoms with E-state index in [1.165, 1.54) is 4.52 Å². The molecule has 0 unspecified atom stereocenters. The Bertz CT molecular complexity index is 1130. The topological polar surface area (TPSA) is 100 Å². The van der Waals surface area contributed by atoms with Gasteiger partial charge in [0.1, 0.15) is 0 Å². The van der Waals surface area contributed by atoms with E-state index in [2.05, 4.69) is 10.00 Å². The average Bonchev–Trinajstić information content (AvgIpc) is 3.42. The van der Waals surface area contributed by atoms with Gasteiger partial charge in [-0.3, -0.25) is 14.8 Å². The number of ether oxygens (including phenoxy) is 1. The molecule has 2 fully saturated rings. The lowest BCUT2D eigenvalue weighted by atomic mass is 10.0. The van der Waals surface area contributed by atoms with E-state index >= 15 is 0 Å². The molecule has 0 spiro atoms. The van der Waals surface area contributed by atoms with Crippen LogP contribution in [0, 0.1) is 0 Å². The van der Waals surface area contributed by atoms with Gasteiger partial charge in [-0.1, -0.05) is 0 Å². The maximum atomic E-state index is 13.3. The standard InChI is InChI=1S/C21H31N5O4S/c1-14(2)31(28,29)25-8-3-4-19(25)18-12-20-22-17-5-9-24(15-6-10-30-11-7-15)13-16(17)21(27)26(20)23-18/h12,14-15,19,23H,3-11,13H2,1-2H3/t19-/m0/s1. The Balaban J connectivity index is 1.48. The lowest BCUT2D eigenvalue weighted by Gasteiger charge is -2.36. The first-order valence-corrected chi connectivity index (χ1v) is 12.8. The molecule has 0 aliphatic carbocycles. The van der Waals surface area contributed by atoms with Crippen LogP contribution in [-0.2, 0) is 27.7 Å². The molecule has 9 nitrogen and oxygen atoms in total. The van der Waals surface area contributed by atoms with Crippen LogP contribution in [0.25, 0.3) is 5.65 Å². The molecule has 0 bridgehead atoms. The summed E-state index contributed by atoms with van der Waals surface area (Å²) >= 11 is 0. The summed E-state index contributed by atoms with van der Waals surface area (Å²) < 4.78 is 34.2. The van der Waals surface area contributed by atoms with E-state index in [1.54, 1.807) is 18.2 Å². The lowest BCUT2D eigenvalue weighted by molar-refractivity contribution is 0.0286. The van der Waals surface area contributed by atoms with Crippen LogP contribution < -0.4 is 5.56 Å². The molecule has 0 aromatic carbocycles. The molecule has 10 heteroatoms. The maximum Gasteiger partial charge on any atom is 0.277 e. The zero-order valence-corrected chi connectivity index (χ0v) is 19.0.